The molecule has 0 saturated carbocycles. The molecule has 7 heteroatoms. The van der Waals surface area contributed by atoms with Gasteiger partial charge < -0.3 is 15.5 Å². The number of urea groups is 1. The van der Waals surface area contributed by atoms with Crippen molar-refractivity contribution in [2.45, 2.75) is 18.9 Å². The quantitative estimate of drug-likeness (QED) is 0.824. The topological polar surface area (TPSA) is 47.6 Å². The fraction of sp³-hybridized carbons (Fsp3) is 0.722. The standard InChI is InChI=1S/C18H28N4OS2/c23-18(20-16-2-6-25-13-16)19-10-17-9-14-1-3-22(17)12-15(14)11-21-4-7-24-8-5-21/h2,6,13-15,17H,1,3-5,7-12H2,(H2,19,20,23). The maximum absolute atomic E-state index is 12.0. The van der Waals surface area contributed by atoms with Crippen LogP contribution in [0.4, 0.5) is 10.5 Å². The van der Waals surface area contributed by atoms with E-state index < -0.39 is 0 Å². The molecule has 0 spiro atoms. The van der Waals surface area contributed by atoms with E-state index in [0.29, 0.717) is 6.04 Å². The summed E-state index contributed by atoms with van der Waals surface area (Å²) in [6.45, 7) is 6.99. The SMILES string of the molecule is O=C(NCC1CC2CCN1CC2CN1CCSCC1)Nc1ccsc1. The van der Waals surface area contributed by atoms with E-state index in [1.165, 1.54) is 57.1 Å². The highest BCUT2D eigenvalue weighted by Crippen LogP contribution is 2.36. The minimum Gasteiger partial charge on any atom is -0.336 e. The fourth-order valence-electron chi connectivity index (χ4n) is 4.51. The number of carbonyl (C=O) groups is 1. The number of rotatable bonds is 5. The molecule has 4 saturated heterocycles. The van der Waals surface area contributed by atoms with Gasteiger partial charge in [0.15, 0.2) is 0 Å². The van der Waals surface area contributed by atoms with Gasteiger partial charge in [0.25, 0.3) is 0 Å². The number of thioether (sulfide) groups is 1. The lowest BCUT2D eigenvalue weighted by molar-refractivity contribution is -0.00980. The van der Waals surface area contributed by atoms with Crippen molar-refractivity contribution < 1.29 is 4.79 Å². The number of thiophene rings is 1. The van der Waals surface area contributed by atoms with Crippen LogP contribution < -0.4 is 10.6 Å². The molecular weight excluding hydrogens is 352 g/mol. The van der Waals surface area contributed by atoms with E-state index >= 15 is 0 Å². The normalized spacial score (nSPS) is 32.5. The fourth-order valence-corrected chi connectivity index (χ4v) is 6.07. The molecule has 5 rings (SSSR count). The van der Waals surface area contributed by atoms with Crippen LogP contribution in [0.5, 0.6) is 0 Å². The Balaban J connectivity index is 1.23. The predicted octanol–water partition coefficient (Wildman–Crippen LogP) is 2.63. The van der Waals surface area contributed by atoms with Crippen LogP contribution >= 0.6 is 23.1 Å². The molecule has 138 valence electrons. The zero-order valence-corrected chi connectivity index (χ0v) is 16.3. The van der Waals surface area contributed by atoms with Gasteiger partial charge in [-0.05, 0) is 42.7 Å². The molecule has 2 bridgehead atoms. The number of piperidine rings is 3. The minimum absolute atomic E-state index is 0.0802. The van der Waals surface area contributed by atoms with Crippen LogP contribution in [0.3, 0.4) is 0 Å². The molecule has 2 amide bonds. The highest BCUT2D eigenvalue weighted by Gasteiger charge is 2.40. The Labute approximate surface area is 158 Å². The van der Waals surface area contributed by atoms with Crippen LogP contribution in [0, 0.1) is 11.8 Å². The first-order valence-electron chi connectivity index (χ1n) is 9.39. The minimum atomic E-state index is -0.0802. The average Bonchev–Trinajstić information content (AvgIpc) is 3.15. The van der Waals surface area contributed by atoms with Gasteiger partial charge >= 0.3 is 6.03 Å². The number of nitrogens with one attached hydrogen (secondary N) is 2. The van der Waals surface area contributed by atoms with Gasteiger partial charge in [0.1, 0.15) is 0 Å². The molecule has 4 aliphatic rings. The van der Waals surface area contributed by atoms with Crippen LogP contribution in [-0.2, 0) is 0 Å². The van der Waals surface area contributed by atoms with E-state index in [1.54, 1.807) is 11.3 Å². The molecule has 4 atom stereocenters. The lowest BCUT2D eigenvalue weighted by atomic mass is 9.75. The maximum atomic E-state index is 12.0. The highest BCUT2D eigenvalue weighted by molar-refractivity contribution is 7.99. The summed E-state index contributed by atoms with van der Waals surface area (Å²) in [5.74, 6) is 4.26. The monoisotopic (exact) mass is 380 g/mol. The van der Waals surface area contributed by atoms with Gasteiger partial charge in [-0.25, -0.2) is 4.79 Å². The van der Waals surface area contributed by atoms with Crippen LogP contribution in [0.2, 0.25) is 0 Å². The van der Waals surface area contributed by atoms with Gasteiger partial charge in [-0.2, -0.15) is 23.1 Å². The third-order valence-electron chi connectivity index (χ3n) is 5.89. The van der Waals surface area contributed by atoms with E-state index in [4.69, 9.17) is 0 Å². The van der Waals surface area contributed by atoms with Gasteiger partial charge in [-0.3, -0.25) is 4.90 Å². The third kappa shape index (κ3) is 4.51. The second-order valence-corrected chi connectivity index (χ2v) is 9.46. The zero-order chi connectivity index (χ0) is 17.1. The maximum Gasteiger partial charge on any atom is 0.319 e. The van der Waals surface area contributed by atoms with E-state index in [0.717, 1.165) is 24.1 Å². The van der Waals surface area contributed by atoms with E-state index in [1.807, 2.05) is 16.8 Å². The Morgan fingerprint density at radius 2 is 2.16 bits per heavy atom. The molecule has 2 N–H and O–H groups in total. The Bertz CT molecular complexity index is 561. The summed E-state index contributed by atoms with van der Waals surface area (Å²) >= 11 is 3.69. The number of hydrogen-bond acceptors (Lipinski definition) is 5. The molecule has 5 nitrogen and oxygen atoms in total. The summed E-state index contributed by atoms with van der Waals surface area (Å²) in [4.78, 5) is 17.3. The largest absolute Gasteiger partial charge is 0.336 e. The number of anilines is 1. The van der Waals surface area contributed by atoms with E-state index in [-0.39, 0.29) is 6.03 Å². The Hall–Kier alpha value is -0.760. The van der Waals surface area contributed by atoms with Crippen LogP contribution in [-0.4, -0.2) is 72.6 Å². The van der Waals surface area contributed by atoms with Crippen molar-refractivity contribution in [1.82, 2.24) is 15.1 Å². The van der Waals surface area contributed by atoms with E-state index in [2.05, 4.69) is 32.2 Å². The van der Waals surface area contributed by atoms with Crippen LogP contribution in [0.25, 0.3) is 0 Å². The number of amides is 2. The molecule has 1 aromatic rings. The molecule has 0 radical (unpaired) electrons. The lowest BCUT2D eigenvalue weighted by Crippen LogP contribution is -2.59. The summed E-state index contributed by atoms with van der Waals surface area (Å²) in [7, 11) is 0. The van der Waals surface area contributed by atoms with Crippen molar-refractivity contribution in [3.05, 3.63) is 16.8 Å². The predicted molar refractivity (Wildman–Crippen MR) is 107 cm³/mol. The Morgan fingerprint density at radius 3 is 2.88 bits per heavy atom. The summed E-state index contributed by atoms with van der Waals surface area (Å²) in [6.07, 6.45) is 2.58. The van der Waals surface area contributed by atoms with Crippen molar-refractivity contribution in [1.29, 1.82) is 0 Å². The Morgan fingerprint density at radius 1 is 1.28 bits per heavy atom. The van der Waals surface area contributed by atoms with Crippen molar-refractivity contribution in [2.24, 2.45) is 11.8 Å². The van der Waals surface area contributed by atoms with Gasteiger partial charge in [0.2, 0.25) is 0 Å². The van der Waals surface area contributed by atoms with Crippen LogP contribution in [0.1, 0.15) is 12.8 Å². The summed E-state index contributed by atoms with van der Waals surface area (Å²) in [5.41, 5.74) is 0.882. The average molecular weight is 381 g/mol. The molecule has 4 aliphatic heterocycles. The van der Waals surface area contributed by atoms with Crippen LogP contribution in [0.15, 0.2) is 16.8 Å². The van der Waals surface area contributed by atoms with Gasteiger partial charge in [0, 0.05) is 55.7 Å². The molecule has 1 aromatic heterocycles. The first kappa shape index (κ1) is 17.6. The first-order valence-corrected chi connectivity index (χ1v) is 11.5. The van der Waals surface area contributed by atoms with Crippen molar-refractivity contribution >= 4 is 34.8 Å². The molecular formula is C18H28N4OS2. The van der Waals surface area contributed by atoms with Crippen molar-refractivity contribution in [3.8, 4) is 0 Å². The number of hydrogen-bond donors (Lipinski definition) is 2. The zero-order valence-electron chi connectivity index (χ0n) is 14.7. The first-order chi connectivity index (χ1) is 12.3. The molecule has 4 fully saturated rings. The molecule has 5 heterocycles. The molecule has 4 unspecified atom stereocenters. The molecule has 0 aromatic carbocycles. The lowest BCUT2D eigenvalue weighted by Gasteiger charge is -2.51. The third-order valence-corrected chi connectivity index (χ3v) is 7.51. The highest BCUT2D eigenvalue weighted by atomic mass is 32.2. The van der Waals surface area contributed by atoms with Gasteiger partial charge in [-0.15, -0.1) is 0 Å². The summed E-state index contributed by atoms with van der Waals surface area (Å²) in [6, 6.07) is 2.36. The van der Waals surface area contributed by atoms with Crippen molar-refractivity contribution in [2.75, 3.05) is 56.1 Å². The Kier molecular flexibility index (Phi) is 5.85. The molecule has 0 aliphatic carbocycles. The number of carbonyl (C=O) groups excluding carboxylic acids is 1. The van der Waals surface area contributed by atoms with Gasteiger partial charge in [0.05, 0.1) is 5.69 Å². The second-order valence-electron chi connectivity index (χ2n) is 7.45. The second kappa shape index (κ2) is 8.29. The summed E-state index contributed by atoms with van der Waals surface area (Å²) in [5, 5.41) is 9.90. The number of fused-ring (bicyclic) bond motifs is 3. The van der Waals surface area contributed by atoms with E-state index in [9.17, 15) is 4.79 Å². The smallest absolute Gasteiger partial charge is 0.319 e. The summed E-state index contributed by atoms with van der Waals surface area (Å²) < 4.78 is 0. The van der Waals surface area contributed by atoms with Gasteiger partial charge in [-0.1, -0.05) is 0 Å². The molecule has 25 heavy (non-hydrogen) atoms. The number of nitrogens with zero attached hydrogens (tertiary/aromatic N) is 2. The van der Waals surface area contributed by atoms with Crippen molar-refractivity contribution in [3.63, 3.8) is 0 Å².